The number of esters is 1. The van der Waals surface area contributed by atoms with Crippen LogP contribution in [-0.2, 0) is 14.9 Å². The van der Waals surface area contributed by atoms with Crippen molar-refractivity contribution in [3.63, 3.8) is 0 Å². The Morgan fingerprint density at radius 2 is 1.72 bits per heavy atom. The second kappa shape index (κ2) is 9.11. The summed E-state index contributed by atoms with van der Waals surface area (Å²) >= 11 is 3.41. The molecule has 0 radical (unpaired) electrons. The van der Waals surface area contributed by atoms with Crippen LogP contribution in [0.4, 0.5) is 8.78 Å². The molecule has 0 unspecified atom stereocenters. The van der Waals surface area contributed by atoms with Gasteiger partial charge in [-0.15, -0.1) is 8.78 Å². The van der Waals surface area contributed by atoms with Crippen LogP contribution in [0.1, 0.15) is 58.5 Å². The molecule has 202 valence electrons. The Hall–Kier alpha value is -3.86. The minimum Gasteiger partial charge on any atom is -0.508 e. The van der Waals surface area contributed by atoms with Gasteiger partial charge in [-0.1, -0.05) is 28.1 Å². The van der Waals surface area contributed by atoms with Gasteiger partial charge in [0.2, 0.25) is 5.91 Å². The second-order valence-electron chi connectivity index (χ2n) is 9.73. The van der Waals surface area contributed by atoms with Crippen LogP contribution in [0.3, 0.4) is 0 Å². The van der Waals surface area contributed by atoms with Gasteiger partial charge in [-0.25, -0.2) is 4.79 Å². The maximum Gasteiger partial charge on any atom is 0.586 e. The van der Waals surface area contributed by atoms with E-state index in [9.17, 15) is 23.5 Å². The number of amides is 1. The smallest absolute Gasteiger partial charge is 0.508 e. The maximum atomic E-state index is 13.8. The van der Waals surface area contributed by atoms with E-state index in [0.717, 1.165) is 5.56 Å². The van der Waals surface area contributed by atoms with Gasteiger partial charge in [-0.2, -0.15) is 0 Å². The van der Waals surface area contributed by atoms with Crippen LogP contribution >= 0.6 is 15.9 Å². The molecule has 8 nitrogen and oxygen atoms in total. The number of benzene rings is 3. The molecule has 2 N–H and O–H groups in total. The number of halogens is 3. The summed E-state index contributed by atoms with van der Waals surface area (Å²) in [5, 5.41) is 13.2. The Morgan fingerprint density at radius 3 is 2.38 bits per heavy atom. The molecule has 0 spiro atoms. The topological polar surface area (TPSA) is 103 Å². The molecule has 2 heterocycles. The number of phenols is 1. The van der Waals surface area contributed by atoms with Gasteiger partial charge in [-0.05, 0) is 60.4 Å². The van der Waals surface area contributed by atoms with Crippen molar-refractivity contribution in [2.24, 2.45) is 0 Å². The van der Waals surface area contributed by atoms with E-state index in [0.29, 0.717) is 46.2 Å². The fraction of sp³-hybridized carbons (Fsp3) is 0.286. The number of aromatic hydroxyl groups is 1. The molecule has 11 heteroatoms. The highest BCUT2D eigenvalue weighted by atomic mass is 79.9. The standard InChI is InChI=1S/C28H22BrF2NO7/c1-36-25(34)15-4-2-14(3-5-15)21-13-20(17-7-6-16(33)10-22(17)37-21)32-26(35)27(8-9-27)18-11-23-24(12-19(18)29)39-28(30,31)38-23/h2-7,10-12,20-21,33H,8-9,13H2,1H3,(H,32,35)/t20-,21-/m1/s1. The third kappa shape index (κ3) is 4.54. The van der Waals surface area contributed by atoms with E-state index < -0.39 is 29.8 Å². The number of fused-ring (bicyclic) bond motifs is 2. The number of carbonyl (C=O) groups is 2. The average Bonchev–Trinajstić information content (AvgIpc) is 3.65. The molecule has 1 saturated carbocycles. The van der Waals surface area contributed by atoms with E-state index in [-0.39, 0.29) is 23.2 Å². The van der Waals surface area contributed by atoms with Crippen molar-refractivity contribution >= 4 is 27.8 Å². The lowest BCUT2D eigenvalue weighted by molar-refractivity contribution is -0.286. The Labute approximate surface area is 229 Å². The minimum absolute atomic E-state index is 0.0141. The molecule has 3 aliphatic rings. The number of hydrogen-bond acceptors (Lipinski definition) is 7. The van der Waals surface area contributed by atoms with Gasteiger partial charge >= 0.3 is 12.3 Å². The molecule has 0 saturated heterocycles. The van der Waals surface area contributed by atoms with E-state index in [1.807, 2.05) is 0 Å². The SMILES string of the molecule is COC(=O)c1ccc([C@H]2C[C@@H](NC(=O)C3(c4cc5c(cc4Br)OC(F)(F)O5)CC3)c3ccc(O)cc3O2)cc1. The predicted octanol–water partition coefficient (Wildman–Crippen LogP) is 5.68. The third-order valence-corrected chi connectivity index (χ3v) is 7.95. The number of phenolic OH excluding ortho intramolecular Hbond substituents is 1. The lowest BCUT2D eigenvalue weighted by Crippen LogP contribution is -2.39. The van der Waals surface area contributed by atoms with E-state index in [1.165, 1.54) is 31.4 Å². The van der Waals surface area contributed by atoms with E-state index in [2.05, 4.69) is 30.7 Å². The summed E-state index contributed by atoms with van der Waals surface area (Å²) in [6, 6.07) is 13.8. The van der Waals surface area contributed by atoms with Gasteiger partial charge in [0.25, 0.3) is 0 Å². The Balaban J connectivity index is 1.28. The lowest BCUT2D eigenvalue weighted by Gasteiger charge is -2.34. The average molecular weight is 602 g/mol. The molecule has 1 fully saturated rings. The summed E-state index contributed by atoms with van der Waals surface area (Å²) in [5.41, 5.74) is 1.47. The van der Waals surface area contributed by atoms with Gasteiger partial charge in [0.05, 0.1) is 24.1 Å². The fourth-order valence-electron chi connectivity index (χ4n) is 5.13. The summed E-state index contributed by atoms with van der Waals surface area (Å²) in [6.07, 6.45) is -2.81. The normalized spacial score (nSPS) is 21.3. The van der Waals surface area contributed by atoms with Crippen LogP contribution in [0.2, 0.25) is 0 Å². The molecule has 1 aliphatic carbocycles. The highest BCUT2D eigenvalue weighted by Crippen LogP contribution is 2.55. The second-order valence-corrected chi connectivity index (χ2v) is 10.6. The number of hydrogen-bond donors (Lipinski definition) is 2. The molecule has 2 aliphatic heterocycles. The van der Waals surface area contributed by atoms with Gasteiger partial charge < -0.3 is 29.4 Å². The van der Waals surface area contributed by atoms with E-state index in [1.54, 1.807) is 30.3 Å². The zero-order valence-electron chi connectivity index (χ0n) is 20.5. The van der Waals surface area contributed by atoms with Gasteiger partial charge in [-0.3, -0.25) is 4.79 Å². The van der Waals surface area contributed by atoms with Crippen LogP contribution < -0.4 is 19.5 Å². The summed E-state index contributed by atoms with van der Waals surface area (Å²) in [5.74, 6) is -0.518. The van der Waals surface area contributed by atoms with E-state index >= 15 is 0 Å². The maximum absolute atomic E-state index is 13.8. The first-order valence-electron chi connectivity index (χ1n) is 12.2. The third-order valence-electron chi connectivity index (χ3n) is 7.29. The summed E-state index contributed by atoms with van der Waals surface area (Å²) in [7, 11) is 1.31. The van der Waals surface area contributed by atoms with Crippen molar-refractivity contribution in [2.75, 3.05) is 7.11 Å². The molecule has 0 aromatic heterocycles. The van der Waals surface area contributed by atoms with E-state index in [4.69, 9.17) is 9.47 Å². The van der Waals surface area contributed by atoms with Gasteiger partial charge in [0.15, 0.2) is 11.5 Å². The van der Waals surface area contributed by atoms with Crippen molar-refractivity contribution in [3.8, 4) is 23.0 Å². The van der Waals surface area contributed by atoms with Crippen LogP contribution in [-0.4, -0.2) is 30.4 Å². The van der Waals surface area contributed by atoms with Crippen LogP contribution in [0, 0.1) is 0 Å². The summed E-state index contributed by atoms with van der Waals surface area (Å²) in [6.45, 7) is 0. The fourth-order valence-corrected chi connectivity index (χ4v) is 5.83. The predicted molar refractivity (Wildman–Crippen MR) is 136 cm³/mol. The van der Waals surface area contributed by atoms with Crippen LogP contribution in [0.25, 0.3) is 0 Å². The number of alkyl halides is 2. The zero-order valence-corrected chi connectivity index (χ0v) is 22.1. The first-order valence-corrected chi connectivity index (χ1v) is 13.0. The molecule has 3 aromatic carbocycles. The molecule has 0 bridgehead atoms. The quantitative estimate of drug-likeness (QED) is 0.363. The van der Waals surface area contributed by atoms with Crippen molar-refractivity contribution in [1.82, 2.24) is 5.32 Å². The monoisotopic (exact) mass is 601 g/mol. The van der Waals surface area contributed by atoms with Crippen LogP contribution in [0.15, 0.2) is 59.1 Å². The molecule has 39 heavy (non-hydrogen) atoms. The first kappa shape index (κ1) is 25.4. The molecule has 6 rings (SSSR count). The molecule has 3 aromatic rings. The Morgan fingerprint density at radius 1 is 1.03 bits per heavy atom. The van der Waals surface area contributed by atoms with Crippen molar-refractivity contribution < 1.29 is 42.4 Å². The molecule has 2 atom stereocenters. The summed E-state index contributed by atoms with van der Waals surface area (Å²) in [4.78, 5) is 25.6. The minimum atomic E-state index is -3.76. The molecular formula is C28H22BrF2NO7. The first-order chi connectivity index (χ1) is 18.6. The largest absolute Gasteiger partial charge is 0.586 e. The highest BCUT2D eigenvalue weighted by Gasteiger charge is 2.54. The van der Waals surface area contributed by atoms with Gasteiger partial charge in [0.1, 0.15) is 17.6 Å². The van der Waals surface area contributed by atoms with Gasteiger partial charge in [0, 0.05) is 22.5 Å². The zero-order chi connectivity index (χ0) is 27.5. The van der Waals surface area contributed by atoms with Crippen molar-refractivity contribution in [2.45, 2.75) is 43.1 Å². The van der Waals surface area contributed by atoms with Crippen molar-refractivity contribution in [1.29, 1.82) is 0 Å². The lowest BCUT2D eigenvalue weighted by atomic mass is 9.90. The highest BCUT2D eigenvalue weighted by molar-refractivity contribution is 9.10. The molecular weight excluding hydrogens is 580 g/mol. The van der Waals surface area contributed by atoms with Crippen molar-refractivity contribution in [3.05, 3.63) is 81.3 Å². The number of methoxy groups -OCH3 is 1. The molecule has 1 amide bonds. The van der Waals surface area contributed by atoms with Crippen LogP contribution in [0.5, 0.6) is 23.0 Å². The Bertz CT molecular complexity index is 1490. The number of rotatable bonds is 5. The number of carbonyl (C=O) groups excluding carboxylic acids is 2. The summed E-state index contributed by atoms with van der Waals surface area (Å²) < 4.78 is 47.8. The number of ether oxygens (including phenoxy) is 4. The number of nitrogens with one attached hydrogen (secondary N) is 1. The Kier molecular flexibility index (Phi) is 5.94.